The topological polar surface area (TPSA) is 114 Å². The number of aryl methyl sites for hydroxylation is 1. The van der Waals surface area contributed by atoms with Gasteiger partial charge in [-0.1, -0.05) is 12.1 Å². The lowest BCUT2D eigenvalue weighted by atomic mass is 10.1. The molecule has 0 aliphatic rings. The Morgan fingerprint density at radius 1 is 1.27 bits per heavy atom. The van der Waals surface area contributed by atoms with Gasteiger partial charge in [0.25, 0.3) is 11.8 Å². The highest BCUT2D eigenvalue weighted by molar-refractivity contribution is 14.1. The number of anilines is 1. The normalized spacial score (nSPS) is 10.8. The Morgan fingerprint density at radius 3 is 2.63 bits per heavy atom. The fraction of sp³-hybridized carbons (Fsp3) is 0.227. The average Bonchev–Trinajstić information content (AvgIpc) is 2.69. The number of hydrogen-bond acceptors (Lipinski definition) is 5. The van der Waals surface area contributed by atoms with Crippen molar-refractivity contribution in [2.75, 3.05) is 18.5 Å². The quantitative estimate of drug-likeness (QED) is 0.314. The molecule has 2 aromatic carbocycles. The molecule has 8 heteroatoms. The van der Waals surface area contributed by atoms with E-state index in [-0.39, 0.29) is 12.2 Å². The number of benzene rings is 2. The molecule has 0 fully saturated rings. The van der Waals surface area contributed by atoms with Crippen LogP contribution in [0.25, 0.3) is 6.08 Å². The largest absolute Gasteiger partial charge is 0.490 e. The van der Waals surface area contributed by atoms with Crippen molar-refractivity contribution in [3.8, 4) is 17.6 Å². The van der Waals surface area contributed by atoms with Gasteiger partial charge in [-0.2, -0.15) is 5.26 Å². The van der Waals surface area contributed by atoms with Gasteiger partial charge in [0.1, 0.15) is 11.6 Å². The van der Waals surface area contributed by atoms with Crippen LogP contribution in [0.5, 0.6) is 11.5 Å². The number of carbonyl (C=O) groups excluding carboxylic acids is 2. The molecule has 7 nitrogen and oxygen atoms in total. The molecule has 2 amide bonds. The molecule has 0 aromatic heterocycles. The first-order valence-corrected chi connectivity index (χ1v) is 10.2. The van der Waals surface area contributed by atoms with Crippen molar-refractivity contribution in [2.24, 2.45) is 5.73 Å². The van der Waals surface area contributed by atoms with Crippen LogP contribution < -0.4 is 20.5 Å². The molecule has 0 radical (unpaired) electrons. The number of nitrogens with zero attached hydrogens (tertiary/aromatic N) is 1. The Labute approximate surface area is 189 Å². The van der Waals surface area contributed by atoms with Crippen molar-refractivity contribution in [3.63, 3.8) is 0 Å². The minimum Gasteiger partial charge on any atom is -0.490 e. The number of nitrogens with one attached hydrogen (secondary N) is 1. The second-order valence-corrected chi connectivity index (χ2v) is 7.55. The third-order valence-electron chi connectivity index (χ3n) is 4.22. The number of nitriles is 1. The highest BCUT2D eigenvalue weighted by atomic mass is 127. The molecule has 0 aliphatic heterocycles. The molecule has 3 N–H and O–H groups in total. The predicted octanol–water partition coefficient (Wildman–Crippen LogP) is 3.72. The number of carbonyl (C=O) groups is 2. The van der Waals surface area contributed by atoms with Gasteiger partial charge in [-0.25, -0.2) is 0 Å². The van der Waals surface area contributed by atoms with E-state index < -0.39 is 11.8 Å². The Balaban J connectivity index is 2.36. The molecule has 2 aromatic rings. The summed E-state index contributed by atoms with van der Waals surface area (Å²) in [4.78, 5) is 23.7. The van der Waals surface area contributed by atoms with Crippen LogP contribution in [0.4, 0.5) is 5.69 Å². The molecule has 0 spiro atoms. The second-order valence-electron chi connectivity index (χ2n) is 6.39. The molecule has 2 rings (SSSR count). The van der Waals surface area contributed by atoms with Crippen LogP contribution in [0.1, 0.15) is 23.6 Å². The average molecular weight is 519 g/mol. The molecule has 0 aliphatic carbocycles. The zero-order valence-corrected chi connectivity index (χ0v) is 19.1. The number of halogens is 1. The Kier molecular flexibility index (Phi) is 8.24. The Hall–Kier alpha value is -3.06. The number of rotatable bonds is 8. The summed E-state index contributed by atoms with van der Waals surface area (Å²) >= 11 is 2.03. The summed E-state index contributed by atoms with van der Waals surface area (Å²) in [6.45, 7) is 5.75. The van der Waals surface area contributed by atoms with Crippen molar-refractivity contribution in [2.45, 2.75) is 20.8 Å². The number of ether oxygens (including phenoxy) is 2. The van der Waals surface area contributed by atoms with Gasteiger partial charge >= 0.3 is 0 Å². The Morgan fingerprint density at radius 2 is 2.00 bits per heavy atom. The highest BCUT2D eigenvalue weighted by Gasteiger charge is 2.15. The monoisotopic (exact) mass is 519 g/mol. The molecule has 156 valence electrons. The van der Waals surface area contributed by atoms with E-state index in [1.807, 2.05) is 61.6 Å². The van der Waals surface area contributed by atoms with E-state index >= 15 is 0 Å². The SMILES string of the molecule is CCOc1cc(/C=C(\C#N)C(=O)Nc2cccc(C)c2C)cc(I)c1OCC(N)=O. The van der Waals surface area contributed by atoms with Crippen LogP contribution in [0.2, 0.25) is 0 Å². The second kappa shape index (κ2) is 10.6. The highest BCUT2D eigenvalue weighted by Crippen LogP contribution is 2.35. The summed E-state index contributed by atoms with van der Waals surface area (Å²) in [5, 5.41) is 12.3. The van der Waals surface area contributed by atoms with E-state index in [9.17, 15) is 14.9 Å². The van der Waals surface area contributed by atoms with E-state index in [1.54, 1.807) is 18.2 Å². The summed E-state index contributed by atoms with van der Waals surface area (Å²) in [5.41, 5.74) is 8.31. The van der Waals surface area contributed by atoms with Gasteiger partial charge in [-0.05, 0) is 84.3 Å². The summed E-state index contributed by atoms with van der Waals surface area (Å²) in [7, 11) is 0. The van der Waals surface area contributed by atoms with E-state index in [1.165, 1.54) is 6.08 Å². The van der Waals surface area contributed by atoms with E-state index in [0.717, 1.165) is 11.1 Å². The maximum absolute atomic E-state index is 12.6. The summed E-state index contributed by atoms with van der Waals surface area (Å²) in [5.74, 6) is -0.337. The molecule has 0 atom stereocenters. The molecular weight excluding hydrogens is 497 g/mol. The molecule has 0 bridgehead atoms. The maximum atomic E-state index is 12.6. The van der Waals surface area contributed by atoms with Crippen LogP contribution in [0, 0.1) is 28.7 Å². The van der Waals surface area contributed by atoms with Gasteiger partial charge in [-0.15, -0.1) is 0 Å². The first-order chi connectivity index (χ1) is 14.3. The summed E-state index contributed by atoms with van der Waals surface area (Å²) in [6.07, 6.45) is 1.48. The lowest BCUT2D eigenvalue weighted by Crippen LogP contribution is -2.20. The third-order valence-corrected chi connectivity index (χ3v) is 5.02. The zero-order valence-electron chi connectivity index (χ0n) is 16.9. The minimum absolute atomic E-state index is 0.0556. The minimum atomic E-state index is -0.605. The van der Waals surface area contributed by atoms with Gasteiger partial charge in [0.2, 0.25) is 0 Å². The van der Waals surface area contributed by atoms with Crippen LogP contribution >= 0.6 is 22.6 Å². The van der Waals surface area contributed by atoms with E-state index in [2.05, 4.69) is 5.32 Å². The van der Waals surface area contributed by atoms with Gasteiger partial charge in [-0.3, -0.25) is 9.59 Å². The maximum Gasteiger partial charge on any atom is 0.266 e. The molecule has 0 saturated carbocycles. The standard InChI is InChI=1S/C22H22IN3O4/c1-4-29-19-10-15(9-17(23)21(19)30-12-20(25)27)8-16(11-24)22(28)26-18-7-5-6-13(2)14(18)3/h5-10H,4,12H2,1-3H3,(H2,25,27)(H,26,28)/b16-8+. The van der Waals surface area contributed by atoms with Gasteiger partial charge in [0, 0.05) is 5.69 Å². The smallest absolute Gasteiger partial charge is 0.266 e. The lowest BCUT2D eigenvalue weighted by Gasteiger charge is -2.14. The lowest BCUT2D eigenvalue weighted by molar-refractivity contribution is -0.120. The van der Waals surface area contributed by atoms with E-state index in [0.29, 0.717) is 32.9 Å². The van der Waals surface area contributed by atoms with Crippen LogP contribution in [0.3, 0.4) is 0 Å². The van der Waals surface area contributed by atoms with Gasteiger partial charge in [0.05, 0.1) is 10.2 Å². The fourth-order valence-electron chi connectivity index (χ4n) is 2.61. The fourth-order valence-corrected chi connectivity index (χ4v) is 3.39. The first-order valence-electron chi connectivity index (χ1n) is 9.13. The molecule has 0 saturated heterocycles. The van der Waals surface area contributed by atoms with E-state index in [4.69, 9.17) is 15.2 Å². The van der Waals surface area contributed by atoms with Crippen molar-refractivity contribution in [1.29, 1.82) is 5.26 Å². The summed E-state index contributed by atoms with van der Waals surface area (Å²) in [6, 6.07) is 10.9. The van der Waals surface area contributed by atoms with Crippen LogP contribution in [0.15, 0.2) is 35.9 Å². The van der Waals surface area contributed by atoms with Crippen molar-refractivity contribution in [1.82, 2.24) is 0 Å². The van der Waals surface area contributed by atoms with Crippen LogP contribution in [-0.2, 0) is 9.59 Å². The zero-order chi connectivity index (χ0) is 22.3. The number of nitrogens with two attached hydrogens (primary N) is 1. The molecule has 0 unspecified atom stereocenters. The molecule has 30 heavy (non-hydrogen) atoms. The van der Waals surface area contributed by atoms with Crippen molar-refractivity contribution < 1.29 is 19.1 Å². The molecular formula is C22H22IN3O4. The predicted molar refractivity (Wildman–Crippen MR) is 123 cm³/mol. The van der Waals surface area contributed by atoms with Gasteiger partial charge < -0.3 is 20.5 Å². The number of primary amides is 1. The van der Waals surface area contributed by atoms with Gasteiger partial charge in [0.15, 0.2) is 18.1 Å². The summed E-state index contributed by atoms with van der Waals surface area (Å²) < 4.78 is 11.7. The third kappa shape index (κ3) is 5.97. The number of amides is 2. The van der Waals surface area contributed by atoms with Crippen molar-refractivity contribution in [3.05, 3.63) is 56.2 Å². The number of hydrogen-bond donors (Lipinski definition) is 2. The first kappa shape index (κ1) is 23.2. The van der Waals surface area contributed by atoms with Crippen molar-refractivity contribution >= 4 is 46.2 Å². The molecule has 0 heterocycles. The Bertz CT molecular complexity index is 1040. The van der Waals surface area contributed by atoms with Crippen LogP contribution in [-0.4, -0.2) is 25.0 Å².